The number of nitrogens with zero attached hydrogens (tertiary/aromatic N) is 6. The van der Waals surface area contributed by atoms with Crippen LogP contribution >= 0.6 is 0 Å². The number of nitrogens with one attached hydrogen (secondary N) is 1. The number of aromatic nitrogens is 6. The molecule has 0 aliphatic heterocycles. The number of pyridine rings is 1. The molecule has 0 saturated carbocycles. The second-order valence-corrected chi connectivity index (χ2v) is 5.90. The molecule has 130 valence electrons. The van der Waals surface area contributed by atoms with Crippen LogP contribution < -0.4 is 5.32 Å². The predicted molar refractivity (Wildman–Crippen MR) is 95.4 cm³/mol. The molecule has 4 aromatic rings. The van der Waals surface area contributed by atoms with Gasteiger partial charge in [-0.3, -0.25) is 4.79 Å². The Hall–Kier alpha value is -3.55. The first-order valence-corrected chi connectivity index (χ1v) is 8.21. The molecule has 26 heavy (non-hydrogen) atoms. The number of amides is 1. The summed E-state index contributed by atoms with van der Waals surface area (Å²) in [6.45, 7) is 2.26. The molecule has 1 N–H and O–H groups in total. The summed E-state index contributed by atoms with van der Waals surface area (Å²) in [5.41, 5.74) is 2.72. The van der Waals surface area contributed by atoms with Gasteiger partial charge in [0, 0.05) is 12.7 Å². The Balaban J connectivity index is 1.42. The fourth-order valence-corrected chi connectivity index (χ4v) is 2.73. The van der Waals surface area contributed by atoms with Crippen molar-refractivity contribution in [3.8, 4) is 5.82 Å². The molecule has 3 aromatic heterocycles. The Bertz CT molecular complexity index is 1020. The number of para-hydroxylation sites is 2. The molecule has 0 bridgehead atoms. The Morgan fingerprint density at radius 1 is 1.15 bits per heavy atom. The smallest absolute Gasteiger partial charge is 0.243 e. The normalized spacial score (nSPS) is 12.2. The lowest BCUT2D eigenvalue weighted by Crippen LogP contribution is -2.30. The van der Waals surface area contributed by atoms with Gasteiger partial charge in [0.2, 0.25) is 5.91 Å². The average Bonchev–Trinajstić information content (AvgIpc) is 3.36. The number of carbonyl (C=O) groups is 1. The van der Waals surface area contributed by atoms with Gasteiger partial charge in [0.05, 0.1) is 17.4 Å². The van der Waals surface area contributed by atoms with Crippen LogP contribution in [0, 0.1) is 0 Å². The molecule has 0 unspecified atom stereocenters. The molecule has 1 atom stereocenters. The van der Waals surface area contributed by atoms with Gasteiger partial charge in [-0.2, -0.15) is 5.10 Å². The lowest BCUT2D eigenvalue weighted by Gasteiger charge is -2.14. The van der Waals surface area contributed by atoms with Crippen LogP contribution in [0.3, 0.4) is 0 Å². The molecule has 8 nitrogen and oxygen atoms in total. The predicted octanol–water partition coefficient (Wildman–Crippen LogP) is 1.89. The molecule has 1 amide bonds. The van der Waals surface area contributed by atoms with E-state index in [1.165, 1.54) is 6.33 Å². The lowest BCUT2D eigenvalue weighted by atomic mass is 10.2. The van der Waals surface area contributed by atoms with Crippen molar-refractivity contribution in [3.63, 3.8) is 0 Å². The maximum absolute atomic E-state index is 12.5. The quantitative estimate of drug-likeness (QED) is 0.595. The van der Waals surface area contributed by atoms with E-state index in [1.807, 2.05) is 47.9 Å². The molecule has 0 spiro atoms. The third kappa shape index (κ3) is 3.04. The van der Waals surface area contributed by atoms with E-state index in [1.54, 1.807) is 23.5 Å². The van der Waals surface area contributed by atoms with Gasteiger partial charge in [0.1, 0.15) is 18.7 Å². The summed E-state index contributed by atoms with van der Waals surface area (Å²) in [5, 5.41) is 6.98. The first-order chi connectivity index (χ1) is 12.7. The second kappa shape index (κ2) is 6.75. The third-order valence-electron chi connectivity index (χ3n) is 4.21. The maximum atomic E-state index is 12.5. The third-order valence-corrected chi connectivity index (χ3v) is 4.21. The standard InChI is InChI=1S/C18H17N7O/c1-13(24-12-22-15-4-2-3-5-16(15)24)18(26)21-9-14-6-7-17(20-8-14)25-11-19-10-23-25/h2-8,10-13H,9H2,1H3,(H,21,26)/t13-/m1/s1. The molecule has 0 saturated heterocycles. The van der Waals surface area contributed by atoms with E-state index in [4.69, 9.17) is 0 Å². The van der Waals surface area contributed by atoms with Crippen LogP contribution in [0.1, 0.15) is 18.5 Å². The maximum Gasteiger partial charge on any atom is 0.243 e. The van der Waals surface area contributed by atoms with Crippen LogP contribution in [0.25, 0.3) is 16.9 Å². The molecule has 3 heterocycles. The van der Waals surface area contributed by atoms with Crippen molar-refractivity contribution in [2.75, 3.05) is 0 Å². The Labute approximate surface area is 149 Å². The largest absolute Gasteiger partial charge is 0.350 e. The number of hydrogen-bond donors (Lipinski definition) is 1. The fourth-order valence-electron chi connectivity index (χ4n) is 2.73. The van der Waals surface area contributed by atoms with Crippen LogP contribution in [0.5, 0.6) is 0 Å². The monoisotopic (exact) mass is 347 g/mol. The van der Waals surface area contributed by atoms with Gasteiger partial charge in [0.15, 0.2) is 5.82 Å². The second-order valence-electron chi connectivity index (χ2n) is 5.90. The van der Waals surface area contributed by atoms with Crippen molar-refractivity contribution < 1.29 is 4.79 Å². The van der Waals surface area contributed by atoms with Gasteiger partial charge in [-0.1, -0.05) is 18.2 Å². The van der Waals surface area contributed by atoms with Crippen LogP contribution in [-0.2, 0) is 11.3 Å². The van der Waals surface area contributed by atoms with Gasteiger partial charge in [-0.05, 0) is 30.7 Å². The zero-order valence-electron chi connectivity index (χ0n) is 14.1. The van der Waals surface area contributed by atoms with Crippen LogP contribution in [0.15, 0.2) is 61.6 Å². The van der Waals surface area contributed by atoms with Crippen LogP contribution in [0.2, 0.25) is 0 Å². The summed E-state index contributed by atoms with van der Waals surface area (Å²) in [6, 6.07) is 11.1. The molecule has 0 aliphatic carbocycles. The molecule has 0 radical (unpaired) electrons. The zero-order chi connectivity index (χ0) is 17.9. The first kappa shape index (κ1) is 15.9. The highest BCUT2D eigenvalue weighted by molar-refractivity contribution is 5.83. The minimum Gasteiger partial charge on any atom is -0.350 e. The summed E-state index contributed by atoms with van der Waals surface area (Å²) < 4.78 is 3.45. The van der Waals surface area contributed by atoms with Gasteiger partial charge in [0.25, 0.3) is 0 Å². The van der Waals surface area contributed by atoms with Crippen LogP contribution in [-0.4, -0.2) is 35.2 Å². The number of imidazole rings is 1. The summed E-state index contributed by atoms with van der Waals surface area (Å²) in [7, 11) is 0. The summed E-state index contributed by atoms with van der Waals surface area (Å²) in [5.74, 6) is 0.601. The van der Waals surface area contributed by atoms with Gasteiger partial charge in [-0.15, -0.1) is 0 Å². The van der Waals surface area contributed by atoms with Crippen molar-refractivity contribution in [2.24, 2.45) is 0 Å². The molecule has 0 aliphatic rings. The average molecular weight is 347 g/mol. The van der Waals surface area contributed by atoms with Crippen molar-refractivity contribution in [1.29, 1.82) is 0 Å². The molecule has 1 aromatic carbocycles. The molecule has 4 rings (SSSR count). The van der Waals surface area contributed by atoms with E-state index >= 15 is 0 Å². The molecular weight excluding hydrogens is 330 g/mol. The topological polar surface area (TPSA) is 90.5 Å². The Morgan fingerprint density at radius 2 is 2.04 bits per heavy atom. The highest BCUT2D eigenvalue weighted by atomic mass is 16.2. The zero-order valence-corrected chi connectivity index (χ0v) is 14.1. The Morgan fingerprint density at radius 3 is 2.81 bits per heavy atom. The minimum atomic E-state index is -0.357. The van der Waals surface area contributed by atoms with E-state index in [2.05, 4.69) is 25.4 Å². The van der Waals surface area contributed by atoms with E-state index in [9.17, 15) is 4.79 Å². The molecule has 0 fully saturated rings. The summed E-state index contributed by atoms with van der Waals surface area (Å²) in [4.78, 5) is 25.1. The van der Waals surface area contributed by atoms with E-state index in [0.29, 0.717) is 12.4 Å². The van der Waals surface area contributed by atoms with Crippen molar-refractivity contribution in [3.05, 3.63) is 67.1 Å². The lowest BCUT2D eigenvalue weighted by molar-refractivity contribution is -0.123. The number of rotatable bonds is 5. The van der Waals surface area contributed by atoms with E-state index in [-0.39, 0.29) is 11.9 Å². The number of hydrogen-bond acceptors (Lipinski definition) is 5. The molecule has 8 heteroatoms. The summed E-state index contributed by atoms with van der Waals surface area (Å²) in [6.07, 6.45) is 6.45. The first-order valence-electron chi connectivity index (χ1n) is 8.21. The van der Waals surface area contributed by atoms with Crippen LogP contribution in [0.4, 0.5) is 0 Å². The van der Waals surface area contributed by atoms with Crippen molar-refractivity contribution >= 4 is 16.9 Å². The van der Waals surface area contributed by atoms with Gasteiger partial charge >= 0.3 is 0 Å². The number of benzene rings is 1. The van der Waals surface area contributed by atoms with Crippen molar-refractivity contribution in [1.82, 2.24) is 34.6 Å². The molecular formula is C18H17N7O. The number of fused-ring (bicyclic) bond motifs is 1. The minimum absolute atomic E-state index is 0.0755. The van der Waals surface area contributed by atoms with Gasteiger partial charge in [-0.25, -0.2) is 19.6 Å². The SMILES string of the molecule is C[C@H](C(=O)NCc1ccc(-n2cncn2)nc1)n1cnc2ccccc21. The summed E-state index contributed by atoms with van der Waals surface area (Å²) >= 11 is 0. The fraction of sp³-hybridized carbons (Fsp3) is 0.167. The highest BCUT2D eigenvalue weighted by Crippen LogP contribution is 2.17. The van der Waals surface area contributed by atoms with Crippen molar-refractivity contribution in [2.45, 2.75) is 19.5 Å². The highest BCUT2D eigenvalue weighted by Gasteiger charge is 2.16. The van der Waals surface area contributed by atoms with Gasteiger partial charge < -0.3 is 9.88 Å². The Kier molecular flexibility index (Phi) is 4.14. The van der Waals surface area contributed by atoms with E-state index < -0.39 is 0 Å². The van der Waals surface area contributed by atoms with E-state index in [0.717, 1.165) is 16.6 Å². The number of carbonyl (C=O) groups excluding carboxylic acids is 1.